The molecular weight excluding hydrogens is 218 g/mol. The van der Waals surface area contributed by atoms with Gasteiger partial charge in [0, 0.05) is 12.1 Å². The Labute approximate surface area is 99.9 Å². The molecule has 0 aliphatic rings. The van der Waals surface area contributed by atoms with Gasteiger partial charge in [0.2, 0.25) is 0 Å². The van der Waals surface area contributed by atoms with Crippen LogP contribution >= 0.6 is 11.3 Å². The van der Waals surface area contributed by atoms with Gasteiger partial charge in [-0.15, -0.1) is 11.3 Å². The maximum atomic E-state index is 4.31. The smallest absolute Gasteiger partial charge is 0.151 e. The highest BCUT2D eigenvalue weighted by molar-refractivity contribution is 7.13. The van der Waals surface area contributed by atoms with Crippen LogP contribution in [0, 0.1) is 12.8 Å². The average molecular weight is 235 g/mol. The van der Waals surface area contributed by atoms with Gasteiger partial charge >= 0.3 is 0 Å². The van der Waals surface area contributed by atoms with E-state index in [1.807, 2.05) is 0 Å². The number of hydrogen-bond acceptors (Lipinski definition) is 3. The van der Waals surface area contributed by atoms with Crippen molar-refractivity contribution in [1.29, 1.82) is 0 Å². The molecule has 2 heterocycles. The first-order chi connectivity index (χ1) is 7.68. The van der Waals surface area contributed by atoms with E-state index in [4.69, 9.17) is 0 Å². The van der Waals surface area contributed by atoms with E-state index in [1.54, 1.807) is 11.3 Å². The van der Waals surface area contributed by atoms with Crippen LogP contribution in [0.1, 0.15) is 19.4 Å². The first kappa shape index (κ1) is 11.2. The highest BCUT2D eigenvalue weighted by Crippen LogP contribution is 2.29. The van der Waals surface area contributed by atoms with Crippen molar-refractivity contribution in [2.45, 2.75) is 20.8 Å². The molecule has 0 amide bonds. The molecule has 0 bridgehead atoms. The second kappa shape index (κ2) is 4.70. The van der Waals surface area contributed by atoms with Gasteiger partial charge in [-0.05, 0) is 24.3 Å². The molecule has 0 aliphatic heterocycles. The number of nitrogens with zero attached hydrogens (tertiary/aromatic N) is 1. The van der Waals surface area contributed by atoms with E-state index in [0.29, 0.717) is 5.92 Å². The Balaban J connectivity index is 2.18. The lowest BCUT2D eigenvalue weighted by Crippen LogP contribution is -2.08. The number of aromatic nitrogens is 2. The molecule has 4 heteroatoms. The number of aromatic amines is 1. The minimum atomic E-state index is 0.626. The van der Waals surface area contributed by atoms with E-state index in [1.165, 1.54) is 10.4 Å². The van der Waals surface area contributed by atoms with Gasteiger partial charge in [-0.3, -0.25) is 5.10 Å². The van der Waals surface area contributed by atoms with Gasteiger partial charge in [0.15, 0.2) is 5.82 Å². The molecule has 0 aromatic carbocycles. The van der Waals surface area contributed by atoms with Crippen LogP contribution in [0.2, 0.25) is 0 Å². The number of H-pyrrole nitrogens is 1. The Bertz CT molecular complexity index is 443. The number of hydrogen-bond donors (Lipinski definition) is 2. The zero-order valence-electron chi connectivity index (χ0n) is 9.87. The van der Waals surface area contributed by atoms with Crippen LogP contribution in [0.4, 0.5) is 5.82 Å². The van der Waals surface area contributed by atoms with Gasteiger partial charge in [0.1, 0.15) is 0 Å². The minimum Gasteiger partial charge on any atom is -0.368 e. The normalized spacial score (nSPS) is 11.0. The average Bonchev–Trinajstić information content (AvgIpc) is 2.84. The molecule has 0 unspecified atom stereocenters. The van der Waals surface area contributed by atoms with E-state index in [2.05, 4.69) is 53.8 Å². The molecule has 0 atom stereocenters. The lowest BCUT2D eigenvalue weighted by molar-refractivity contribution is 0.686. The van der Waals surface area contributed by atoms with E-state index in [9.17, 15) is 0 Å². The van der Waals surface area contributed by atoms with Crippen molar-refractivity contribution in [2.75, 3.05) is 11.9 Å². The maximum absolute atomic E-state index is 4.31. The van der Waals surface area contributed by atoms with Crippen LogP contribution in [0.15, 0.2) is 17.5 Å². The molecule has 0 radical (unpaired) electrons. The Morgan fingerprint density at radius 3 is 2.94 bits per heavy atom. The Morgan fingerprint density at radius 1 is 1.50 bits per heavy atom. The molecule has 2 aromatic rings. The summed E-state index contributed by atoms with van der Waals surface area (Å²) in [7, 11) is 0. The standard InChI is InChI=1S/C12H17N3S/c1-8(2)7-13-12-9(3)11(14-15-12)10-5-4-6-16-10/h4-6,8H,7H2,1-3H3,(H2,13,14,15). The van der Waals surface area contributed by atoms with Gasteiger partial charge in [-0.2, -0.15) is 5.10 Å². The summed E-state index contributed by atoms with van der Waals surface area (Å²) < 4.78 is 0. The van der Waals surface area contributed by atoms with E-state index >= 15 is 0 Å². The number of rotatable bonds is 4. The van der Waals surface area contributed by atoms with Crippen molar-refractivity contribution in [2.24, 2.45) is 5.92 Å². The molecule has 0 fully saturated rings. The van der Waals surface area contributed by atoms with Gasteiger partial charge < -0.3 is 5.32 Å². The van der Waals surface area contributed by atoms with Crippen molar-refractivity contribution in [3.63, 3.8) is 0 Å². The number of thiophene rings is 1. The Kier molecular flexibility index (Phi) is 3.29. The van der Waals surface area contributed by atoms with Gasteiger partial charge in [0.25, 0.3) is 0 Å². The molecule has 2 rings (SSSR count). The van der Waals surface area contributed by atoms with Crippen molar-refractivity contribution in [1.82, 2.24) is 10.2 Å². The summed E-state index contributed by atoms with van der Waals surface area (Å²) in [5.41, 5.74) is 2.32. The highest BCUT2D eigenvalue weighted by Gasteiger charge is 2.11. The van der Waals surface area contributed by atoms with Crippen molar-refractivity contribution in [3.05, 3.63) is 23.1 Å². The first-order valence-electron chi connectivity index (χ1n) is 5.51. The summed E-state index contributed by atoms with van der Waals surface area (Å²) >= 11 is 1.73. The van der Waals surface area contributed by atoms with Crippen LogP contribution in [-0.4, -0.2) is 16.7 Å². The summed E-state index contributed by atoms with van der Waals surface area (Å²) in [5, 5.41) is 12.8. The molecule has 0 saturated heterocycles. The van der Waals surface area contributed by atoms with Gasteiger partial charge in [-0.25, -0.2) is 0 Å². The lowest BCUT2D eigenvalue weighted by atomic mass is 10.2. The maximum Gasteiger partial charge on any atom is 0.151 e. The molecule has 16 heavy (non-hydrogen) atoms. The quantitative estimate of drug-likeness (QED) is 0.851. The third-order valence-electron chi connectivity index (χ3n) is 2.46. The molecular formula is C12H17N3S. The molecule has 0 aliphatic carbocycles. The second-order valence-corrected chi connectivity index (χ2v) is 5.27. The molecule has 3 nitrogen and oxygen atoms in total. The summed E-state index contributed by atoms with van der Waals surface area (Å²) in [5.74, 6) is 1.60. The predicted molar refractivity (Wildman–Crippen MR) is 70.0 cm³/mol. The summed E-state index contributed by atoms with van der Waals surface area (Å²) in [4.78, 5) is 1.24. The first-order valence-corrected chi connectivity index (χ1v) is 6.39. The summed E-state index contributed by atoms with van der Waals surface area (Å²) in [6.45, 7) is 7.43. The third kappa shape index (κ3) is 2.27. The topological polar surface area (TPSA) is 40.7 Å². The molecule has 2 N–H and O–H groups in total. The summed E-state index contributed by atoms with van der Waals surface area (Å²) in [6.07, 6.45) is 0. The highest BCUT2D eigenvalue weighted by atomic mass is 32.1. The molecule has 0 spiro atoms. The lowest BCUT2D eigenvalue weighted by Gasteiger charge is -2.06. The van der Waals surface area contributed by atoms with Crippen LogP contribution in [0.3, 0.4) is 0 Å². The van der Waals surface area contributed by atoms with E-state index in [0.717, 1.165) is 18.1 Å². The molecule has 2 aromatic heterocycles. The van der Waals surface area contributed by atoms with Crippen LogP contribution < -0.4 is 5.32 Å². The van der Waals surface area contributed by atoms with Crippen LogP contribution in [-0.2, 0) is 0 Å². The van der Waals surface area contributed by atoms with Crippen LogP contribution in [0.25, 0.3) is 10.6 Å². The fourth-order valence-corrected chi connectivity index (χ4v) is 2.31. The second-order valence-electron chi connectivity index (χ2n) is 4.32. The Morgan fingerprint density at radius 2 is 2.31 bits per heavy atom. The largest absolute Gasteiger partial charge is 0.368 e. The SMILES string of the molecule is Cc1c(NCC(C)C)n[nH]c1-c1cccs1. The van der Waals surface area contributed by atoms with Crippen molar-refractivity contribution >= 4 is 17.2 Å². The van der Waals surface area contributed by atoms with E-state index < -0.39 is 0 Å². The monoisotopic (exact) mass is 235 g/mol. The van der Waals surface area contributed by atoms with Gasteiger partial charge in [0.05, 0.1) is 10.6 Å². The fraction of sp³-hybridized carbons (Fsp3) is 0.417. The number of anilines is 1. The number of nitrogens with one attached hydrogen (secondary N) is 2. The van der Waals surface area contributed by atoms with Crippen molar-refractivity contribution < 1.29 is 0 Å². The molecule has 0 saturated carbocycles. The zero-order chi connectivity index (χ0) is 11.5. The Hall–Kier alpha value is -1.29. The van der Waals surface area contributed by atoms with E-state index in [-0.39, 0.29) is 0 Å². The zero-order valence-corrected chi connectivity index (χ0v) is 10.7. The van der Waals surface area contributed by atoms with Gasteiger partial charge in [-0.1, -0.05) is 19.9 Å². The minimum absolute atomic E-state index is 0.626. The van der Waals surface area contributed by atoms with Crippen LogP contribution in [0.5, 0.6) is 0 Å². The fourth-order valence-electron chi connectivity index (χ4n) is 1.53. The van der Waals surface area contributed by atoms with Crippen molar-refractivity contribution in [3.8, 4) is 10.6 Å². The third-order valence-corrected chi connectivity index (χ3v) is 3.34. The predicted octanol–water partition coefficient (Wildman–Crippen LogP) is 3.51. The summed E-state index contributed by atoms with van der Waals surface area (Å²) in [6, 6.07) is 4.17. The molecule has 86 valence electrons.